The summed E-state index contributed by atoms with van der Waals surface area (Å²) in [5.41, 5.74) is 1.39. The smallest absolute Gasteiger partial charge is 0.262 e. The van der Waals surface area contributed by atoms with Crippen LogP contribution in [0.2, 0.25) is 0 Å². The van der Waals surface area contributed by atoms with E-state index in [1.165, 1.54) is 0 Å². The SMILES string of the molecule is CCC1(Cc2ccccc2P(O)Oc2ccccc2)COC1. The first kappa shape index (κ1) is 15.5. The molecule has 3 nitrogen and oxygen atoms in total. The molecule has 0 amide bonds. The van der Waals surface area contributed by atoms with Crippen LogP contribution in [0.4, 0.5) is 0 Å². The Morgan fingerprint density at radius 2 is 1.77 bits per heavy atom. The number of para-hydroxylation sites is 1. The fourth-order valence-electron chi connectivity index (χ4n) is 2.70. The van der Waals surface area contributed by atoms with Gasteiger partial charge in [0.15, 0.2) is 0 Å². The third-order valence-electron chi connectivity index (χ3n) is 4.26. The maximum absolute atomic E-state index is 10.5. The molecular weight excluding hydrogens is 295 g/mol. The van der Waals surface area contributed by atoms with E-state index >= 15 is 0 Å². The van der Waals surface area contributed by atoms with Gasteiger partial charge in [0.2, 0.25) is 0 Å². The van der Waals surface area contributed by atoms with Crippen molar-refractivity contribution in [2.75, 3.05) is 13.2 Å². The van der Waals surface area contributed by atoms with Crippen LogP contribution in [-0.4, -0.2) is 18.1 Å². The van der Waals surface area contributed by atoms with Gasteiger partial charge in [-0.2, -0.15) is 0 Å². The number of hydrogen-bond acceptors (Lipinski definition) is 3. The number of hydrogen-bond donors (Lipinski definition) is 1. The molecular formula is C18H21O3P. The van der Waals surface area contributed by atoms with Gasteiger partial charge in [-0.15, -0.1) is 0 Å². The van der Waals surface area contributed by atoms with Gasteiger partial charge in [-0.05, 0) is 36.6 Å². The second kappa shape index (κ2) is 6.78. The van der Waals surface area contributed by atoms with Crippen molar-refractivity contribution >= 4 is 13.7 Å². The molecule has 3 rings (SSSR count). The largest absolute Gasteiger partial charge is 0.444 e. The second-order valence-electron chi connectivity index (χ2n) is 5.83. The van der Waals surface area contributed by atoms with Crippen LogP contribution < -0.4 is 9.83 Å². The Morgan fingerprint density at radius 3 is 2.41 bits per heavy atom. The Labute approximate surface area is 132 Å². The van der Waals surface area contributed by atoms with Crippen molar-refractivity contribution in [1.29, 1.82) is 0 Å². The summed E-state index contributed by atoms with van der Waals surface area (Å²) < 4.78 is 11.1. The normalized spacial score (nSPS) is 17.5. The summed E-state index contributed by atoms with van der Waals surface area (Å²) >= 11 is 0. The van der Waals surface area contributed by atoms with E-state index in [0.717, 1.165) is 36.9 Å². The van der Waals surface area contributed by atoms with Gasteiger partial charge >= 0.3 is 0 Å². The summed E-state index contributed by atoms with van der Waals surface area (Å²) in [5.74, 6) is 0.697. The molecule has 0 radical (unpaired) electrons. The van der Waals surface area contributed by atoms with Crippen molar-refractivity contribution in [3.05, 3.63) is 60.2 Å². The van der Waals surface area contributed by atoms with Crippen molar-refractivity contribution in [1.82, 2.24) is 0 Å². The predicted octanol–water partition coefficient (Wildman–Crippen LogP) is 3.66. The van der Waals surface area contributed by atoms with Crippen LogP contribution in [0.3, 0.4) is 0 Å². The minimum atomic E-state index is -1.65. The van der Waals surface area contributed by atoms with E-state index in [0.29, 0.717) is 5.75 Å². The first-order valence-electron chi connectivity index (χ1n) is 7.60. The van der Waals surface area contributed by atoms with Crippen LogP contribution >= 0.6 is 8.38 Å². The lowest BCUT2D eigenvalue weighted by Gasteiger charge is -2.41. The van der Waals surface area contributed by atoms with Gasteiger partial charge in [0, 0.05) is 10.7 Å². The molecule has 1 atom stereocenters. The topological polar surface area (TPSA) is 38.7 Å². The molecule has 0 spiro atoms. The van der Waals surface area contributed by atoms with Gasteiger partial charge in [-0.1, -0.05) is 43.3 Å². The van der Waals surface area contributed by atoms with Gasteiger partial charge in [0.05, 0.1) is 13.2 Å². The summed E-state index contributed by atoms with van der Waals surface area (Å²) in [6, 6.07) is 17.5. The zero-order valence-electron chi connectivity index (χ0n) is 12.7. The van der Waals surface area contributed by atoms with Gasteiger partial charge in [-0.3, -0.25) is 0 Å². The molecule has 1 heterocycles. The predicted molar refractivity (Wildman–Crippen MR) is 89.5 cm³/mol. The molecule has 0 bridgehead atoms. The molecule has 1 aliphatic rings. The van der Waals surface area contributed by atoms with E-state index in [1.807, 2.05) is 48.5 Å². The molecule has 1 saturated heterocycles. The Morgan fingerprint density at radius 1 is 1.09 bits per heavy atom. The van der Waals surface area contributed by atoms with E-state index in [4.69, 9.17) is 9.26 Å². The van der Waals surface area contributed by atoms with Crippen LogP contribution in [0.25, 0.3) is 0 Å². The number of benzene rings is 2. The highest BCUT2D eigenvalue weighted by molar-refractivity contribution is 7.55. The van der Waals surface area contributed by atoms with Crippen LogP contribution in [0.5, 0.6) is 5.75 Å². The molecule has 0 aromatic heterocycles. The van der Waals surface area contributed by atoms with Crippen LogP contribution in [0.1, 0.15) is 18.9 Å². The minimum absolute atomic E-state index is 0.221. The zero-order chi connectivity index (χ0) is 15.4. The Balaban J connectivity index is 1.78. The summed E-state index contributed by atoms with van der Waals surface area (Å²) in [6.45, 7) is 3.81. The van der Waals surface area contributed by atoms with Crippen LogP contribution in [0.15, 0.2) is 54.6 Å². The standard InChI is InChI=1S/C18H21O3P/c1-2-18(13-20-14-18)12-15-8-6-7-11-17(15)22(19)21-16-9-4-3-5-10-16/h3-11,19H,2,12-14H2,1H3. The van der Waals surface area contributed by atoms with E-state index in [1.54, 1.807) is 0 Å². The molecule has 1 N–H and O–H groups in total. The molecule has 0 aliphatic carbocycles. The molecule has 4 heteroatoms. The highest BCUT2D eigenvalue weighted by Gasteiger charge is 2.37. The lowest BCUT2D eigenvalue weighted by molar-refractivity contribution is -0.114. The molecule has 1 unspecified atom stereocenters. The Hall–Kier alpha value is -1.41. The summed E-state index contributed by atoms with van der Waals surface area (Å²) in [4.78, 5) is 10.5. The van der Waals surface area contributed by atoms with Gasteiger partial charge in [0.25, 0.3) is 8.38 Å². The van der Waals surface area contributed by atoms with Crippen LogP contribution in [0, 0.1) is 5.41 Å². The van der Waals surface area contributed by atoms with Gasteiger partial charge in [-0.25, -0.2) is 0 Å². The third kappa shape index (κ3) is 3.33. The van der Waals surface area contributed by atoms with Crippen molar-refractivity contribution in [2.24, 2.45) is 5.41 Å². The molecule has 2 aromatic rings. The Kier molecular flexibility index (Phi) is 4.77. The monoisotopic (exact) mass is 316 g/mol. The first-order valence-corrected chi connectivity index (χ1v) is 8.81. The zero-order valence-corrected chi connectivity index (χ0v) is 13.6. The summed E-state index contributed by atoms with van der Waals surface area (Å²) in [6.07, 6.45) is 2.02. The molecule has 2 aromatic carbocycles. The van der Waals surface area contributed by atoms with E-state index in [-0.39, 0.29) is 5.41 Å². The van der Waals surface area contributed by atoms with Crippen molar-refractivity contribution in [2.45, 2.75) is 19.8 Å². The lowest BCUT2D eigenvalue weighted by atomic mass is 9.77. The average molecular weight is 316 g/mol. The average Bonchev–Trinajstić information content (AvgIpc) is 2.52. The number of ether oxygens (including phenoxy) is 1. The fourth-order valence-corrected chi connectivity index (χ4v) is 3.74. The lowest BCUT2D eigenvalue weighted by Crippen LogP contribution is -2.44. The fraction of sp³-hybridized carbons (Fsp3) is 0.333. The van der Waals surface area contributed by atoms with E-state index in [9.17, 15) is 4.89 Å². The first-order chi connectivity index (χ1) is 10.7. The molecule has 1 aliphatic heterocycles. The van der Waals surface area contributed by atoms with E-state index < -0.39 is 8.38 Å². The summed E-state index contributed by atoms with van der Waals surface area (Å²) in [5, 5.41) is 0.904. The maximum atomic E-state index is 10.5. The van der Waals surface area contributed by atoms with Crippen molar-refractivity contribution in [3.63, 3.8) is 0 Å². The maximum Gasteiger partial charge on any atom is 0.262 e. The summed E-state index contributed by atoms with van der Waals surface area (Å²) in [7, 11) is -1.65. The Bertz CT molecular complexity index is 605. The molecule has 0 saturated carbocycles. The van der Waals surface area contributed by atoms with Crippen molar-refractivity contribution in [3.8, 4) is 5.75 Å². The van der Waals surface area contributed by atoms with Gasteiger partial charge in [0.1, 0.15) is 5.75 Å². The third-order valence-corrected chi connectivity index (χ3v) is 5.50. The van der Waals surface area contributed by atoms with Crippen LogP contribution in [-0.2, 0) is 11.2 Å². The van der Waals surface area contributed by atoms with Crippen molar-refractivity contribution < 1.29 is 14.2 Å². The quantitative estimate of drug-likeness (QED) is 0.827. The minimum Gasteiger partial charge on any atom is -0.444 e. The van der Waals surface area contributed by atoms with Gasteiger partial charge < -0.3 is 14.2 Å². The molecule has 116 valence electrons. The molecule has 22 heavy (non-hydrogen) atoms. The highest BCUT2D eigenvalue weighted by Crippen LogP contribution is 2.38. The highest BCUT2D eigenvalue weighted by atomic mass is 31.2. The number of rotatable bonds is 6. The second-order valence-corrected chi connectivity index (χ2v) is 7.04. The van der Waals surface area contributed by atoms with E-state index in [2.05, 4.69) is 13.0 Å². The molecule has 1 fully saturated rings.